The van der Waals surface area contributed by atoms with Crippen molar-refractivity contribution >= 4 is 0 Å². The molecular weight excluding hydrogens is 432 g/mol. The van der Waals surface area contributed by atoms with Gasteiger partial charge in [-0.2, -0.15) is 0 Å². The van der Waals surface area contributed by atoms with Crippen LogP contribution in [0.4, 0.5) is 0 Å². The monoisotopic (exact) mass is 486 g/mol. The molecule has 0 saturated carbocycles. The maximum Gasteiger partial charge on any atom is -0.0398 e. The molecule has 0 heteroatoms. The first-order chi connectivity index (χ1) is 17.4. The summed E-state index contributed by atoms with van der Waals surface area (Å²) in [6.07, 6.45) is 0. The molecule has 0 nitrogen and oxygen atoms in total. The highest BCUT2D eigenvalue weighted by Crippen LogP contribution is 2.00. The average Bonchev–Trinajstić information content (AvgIpc) is 2.93. The molecule has 0 aromatic heterocycles. The standard InChI is InChI=1S/2C8H10.2C7H8.3C2H6/c2*1-7-3-5-8(2)6-4-7;2*1-7-5-3-2-4-6-7;3*1-2/h2*3-6H,1-2H3;2*2-6H,1H3;3*1-2H3. The second-order valence-corrected chi connectivity index (χ2v) is 7.62. The van der Waals surface area contributed by atoms with E-state index in [4.69, 9.17) is 0 Å². The molecule has 0 amide bonds. The van der Waals surface area contributed by atoms with E-state index in [1.807, 2.05) is 77.9 Å². The fourth-order valence-corrected chi connectivity index (χ4v) is 2.34. The van der Waals surface area contributed by atoms with E-state index in [1.54, 1.807) is 0 Å². The molecule has 0 aliphatic heterocycles. The molecule has 0 bridgehead atoms. The predicted molar refractivity (Wildman–Crippen MR) is 168 cm³/mol. The summed E-state index contributed by atoms with van der Waals surface area (Å²) in [7, 11) is 0. The van der Waals surface area contributed by atoms with Crippen LogP contribution < -0.4 is 0 Å². The van der Waals surface area contributed by atoms with Crippen LogP contribution in [-0.4, -0.2) is 0 Å². The maximum atomic E-state index is 2.12. The lowest BCUT2D eigenvalue weighted by molar-refractivity contribution is 1.40. The third-order valence-electron chi connectivity index (χ3n) is 4.32. The zero-order chi connectivity index (χ0) is 28.2. The highest BCUT2D eigenvalue weighted by atomic mass is 13.9. The molecule has 36 heavy (non-hydrogen) atoms. The van der Waals surface area contributed by atoms with Crippen LogP contribution in [0.2, 0.25) is 0 Å². The Labute approximate surface area is 225 Å². The molecule has 0 aliphatic carbocycles. The van der Waals surface area contributed by atoms with Gasteiger partial charge in [-0.15, -0.1) is 0 Å². The van der Waals surface area contributed by atoms with Crippen LogP contribution in [0.25, 0.3) is 0 Å². The molecule has 0 heterocycles. The van der Waals surface area contributed by atoms with E-state index in [0.717, 1.165) is 0 Å². The third kappa shape index (κ3) is 25.5. The molecule has 0 unspecified atom stereocenters. The van der Waals surface area contributed by atoms with Gasteiger partial charge < -0.3 is 0 Å². The van der Waals surface area contributed by atoms with Crippen molar-refractivity contribution in [1.82, 2.24) is 0 Å². The SMILES string of the molecule is CC.CC.CC.Cc1ccc(C)cc1.Cc1ccc(C)cc1.Cc1ccccc1.Cc1ccccc1. The summed E-state index contributed by atoms with van der Waals surface area (Å²) in [5.74, 6) is 0. The Bertz CT molecular complexity index is 780. The Hall–Kier alpha value is -3.12. The molecule has 0 N–H and O–H groups in total. The van der Waals surface area contributed by atoms with E-state index < -0.39 is 0 Å². The van der Waals surface area contributed by atoms with E-state index in [1.165, 1.54) is 33.4 Å². The van der Waals surface area contributed by atoms with Crippen molar-refractivity contribution in [2.75, 3.05) is 0 Å². The molecular formula is C36H54. The molecule has 0 atom stereocenters. The van der Waals surface area contributed by atoms with Gasteiger partial charge in [-0.1, -0.05) is 184 Å². The van der Waals surface area contributed by atoms with Crippen LogP contribution in [0.1, 0.15) is 74.9 Å². The second-order valence-electron chi connectivity index (χ2n) is 7.62. The largest absolute Gasteiger partial charge is 0.0683 e. The summed E-state index contributed by atoms with van der Waals surface area (Å²) in [4.78, 5) is 0. The quantitative estimate of drug-likeness (QED) is 0.232. The van der Waals surface area contributed by atoms with Crippen LogP contribution >= 0.6 is 0 Å². The Kier molecular flexibility index (Phi) is 29.2. The van der Waals surface area contributed by atoms with Crippen LogP contribution in [0, 0.1) is 41.5 Å². The summed E-state index contributed by atoms with van der Waals surface area (Å²) in [6.45, 7) is 24.6. The zero-order valence-electron chi connectivity index (χ0n) is 25.4. The van der Waals surface area contributed by atoms with Crippen molar-refractivity contribution in [1.29, 1.82) is 0 Å². The van der Waals surface area contributed by atoms with Crippen molar-refractivity contribution in [3.8, 4) is 0 Å². The summed E-state index contributed by atoms with van der Waals surface area (Å²) in [6, 6.07) is 37.5. The number of hydrogen-bond donors (Lipinski definition) is 0. The predicted octanol–water partition coefficient (Wildman–Crippen LogP) is 11.7. The van der Waals surface area contributed by atoms with Gasteiger partial charge in [0.25, 0.3) is 0 Å². The van der Waals surface area contributed by atoms with Crippen molar-refractivity contribution in [2.24, 2.45) is 0 Å². The fourth-order valence-electron chi connectivity index (χ4n) is 2.34. The van der Waals surface area contributed by atoms with Gasteiger partial charge in [-0.3, -0.25) is 0 Å². The van der Waals surface area contributed by atoms with E-state index in [0.29, 0.717) is 0 Å². The summed E-state index contributed by atoms with van der Waals surface area (Å²) in [5, 5.41) is 0. The first kappa shape index (κ1) is 37.4. The van der Waals surface area contributed by atoms with Gasteiger partial charge in [0.05, 0.1) is 0 Å². The van der Waals surface area contributed by atoms with E-state index >= 15 is 0 Å². The zero-order valence-corrected chi connectivity index (χ0v) is 25.4. The number of aryl methyl sites for hydroxylation is 6. The Morgan fingerprint density at radius 1 is 0.222 bits per heavy atom. The number of hydrogen-bond acceptors (Lipinski definition) is 0. The summed E-state index contributed by atoms with van der Waals surface area (Å²) < 4.78 is 0. The first-order valence-corrected chi connectivity index (χ1v) is 13.5. The molecule has 4 aromatic carbocycles. The molecule has 0 aliphatic rings. The Balaban J connectivity index is -0.000000377. The molecule has 4 aromatic rings. The Morgan fingerprint density at radius 2 is 0.361 bits per heavy atom. The summed E-state index contributed by atoms with van der Waals surface area (Å²) >= 11 is 0. The smallest absolute Gasteiger partial charge is 0.0398 e. The van der Waals surface area contributed by atoms with Gasteiger partial charge in [0, 0.05) is 0 Å². The minimum atomic E-state index is 1.32. The maximum absolute atomic E-state index is 2.12. The number of rotatable bonds is 0. The van der Waals surface area contributed by atoms with Crippen LogP contribution in [0.3, 0.4) is 0 Å². The van der Waals surface area contributed by atoms with Crippen molar-refractivity contribution in [3.05, 3.63) is 143 Å². The summed E-state index contributed by atoms with van der Waals surface area (Å²) in [5.41, 5.74) is 7.96. The lowest BCUT2D eigenvalue weighted by atomic mass is 10.2. The molecule has 4 rings (SSSR count). The average molecular weight is 487 g/mol. The highest BCUT2D eigenvalue weighted by Gasteiger charge is 1.80. The molecule has 0 radical (unpaired) electrons. The number of benzene rings is 4. The normalized spacial score (nSPS) is 8.00. The van der Waals surface area contributed by atoms with Crippen LogP contribution in [0.15, 0.2) is 109 Å². The first-order valence-electron chi connectivity index (χ1n) is 13.5. The Morgan fingerprint density at radius 3 is 0.472 bits per heavy atom. The van der Waals surface area contributed by atoms with Gasteiger partial charge in [0.1, 0.15) is 0 Å². The van der Waals surface area contributed by atoms with E-state index in [-0.39, 0.29) is 0 Å². The van der Waals surface area contributed by atoms with E-state index in [2.05, 4.69) is 114 Å². The van der Waals surface area contributed by atoms with Gasteiger partial charge in [-0.25, -0.2) is 0 Å². The van der Waals surface area contributed by atoms with Gasteiger partial charge >= 0.3 is 0 Å². The van der Waals surface area contributed by atoms with Crippen molar-refractivity contribution < 1.29 is 0 Å². The van der Waals surface area contributed by atoms with Crippen molar-refractivity contribution in [3.63, 3.8) is 0 Å². The van der Waals surface area contributed by atoms with Gasteiger partial charge in [0.2, 0.25) is 0 Å². The molecule has 198 valence electrons. The van der Waals surface area contributed by atoms with Crippen LogP contribution in [0.5, 0.6) is 0 Å². The van der Waals surface area contributed by atoms with E-state index in [9.17, 15) is 0 Å². The minimum Gasteiger partial charge on any atom is -0.0683 e. The third-order valence-corrected chi connectivity index (χ3v) is 4.32. The lowest BCUT2D eigenvalue weighted by Crippen LogP contribution is -1.70. The second kappa shape index (κ2) is 28.1. The van der Waals surface area contributed by atoms with Crippen LogP contribution in [-0.2, 0) is 0 Å². The van der Waals surface area contributed by atoms with Gasteiger partial charge in [0.15, 0.2) is 0 Å². The molecule has 0 spiro atoms. The molecule has 0 fully saturated rings. The topological polar surface area (TPSA) is 0 Å². The van der Waals surface area contributed by atoms with Gasteiger partial charge in [-0.05, 0) is 41.5 Å². The lowest BCUT2D eigenvalue weighted by Gasteiger charge is -1.90. The van der Waals surface area contributed by atoms with Crippen molar-refractivity contribution in [2.45, 2.75) is 83.1 Å². The highest BCUT2D eigenvalue weighted by molar-refractivity contribution is 5.20. The minimum absolute atomic E-state index is 1.32. The fraction of sp³-hybridized carbons (Fsp3) is 0.333. The molecule has 0 saturated heterocycles.